The zero-order chi connectivity index (χ0) is 61.4. The molecule has 0 spiro atoms. The first kappa shape index (κ1) is 65.3. The van der Waals surface area contributed by atoms with E-state index in [2.05, 4.69) is 15.8 Å². The van der Waals surface area contributed by atoms with Crippen LogP contribution in [0.3, 0.4) is 0 Å². The van der Waals surface area contributed by atoms with Crippen molar-refractivity contribution in [3.63, 3.8) is 0 Å². The molecule has 0 aromatic heterocycles. The first-order valence-electron chi connectivity index (χ1n) is 27.7. The number of hydrogen-bond acceptors (Lipinski definition) is 19. The minimum absolute atomic E-state index is 0.0120. The number of epoxide rings is 1. The number of ether oxygens (including phenoxy) is 6. The summed E-state index contributed by atoms with van der Waals surface area (Å²) in [5, 5.41) is 19.4. The maximum atomic E-state index is 15.6. The molecule has 5 aliphatic rings. The van der Waals surface area contributed by atoms with Gasteiger partial charge in [-0.2, -0.15) is 5.10 Å². The number of halogens is 2. The molecular formula is C58H74ClFN6O16S2. The molecule has 2 aromatic rings. The van der Waals surface area contributed by atoms with E-state index in [0.29, 0.717) is 59.2 Å². The van der Waals surface area contributed by atoms with Crippen LogP contribution in [-0.4, -0.2) is 156 Å². The minimum Gasteiger partial charge on any atom is -0.495 e. The average molecular weight is 1230 g/mol. The Balaban J connectivity index is 0.932. The Morgan fingerprint density at radius 1 is 1.06 bits per heavy atom. The van der Waals surface area contributed by atoms with Crippen LogP contribution in [-0.2, 0) is 70.2 Å². The summed E-state index contributed by atoms with van der Waals surface area (Å²) in [4.78, 5) is 112. The predicted molar refractivity (Wildman–Crippen MR) is 310 cm³/mol. The molecule has 3 N–H and O–H groups in total. The molecule has 4 aliphatic heterocycles. The van der Waals surface area contributed by atoms with Crippen molar-refractivity contribution in [2.75, 3.05) is 45.6 Å². The second-order valence-electron chi connectivity index (χ2n) is 22.4. The Morgan fingerprint density at radius 2 is 1.79 bits per heavy atom. The summed E-state index contributed by atoms with van der Waals surface area (Å²) in [7, 11) is 8.66. The number of nitrogens with zero attached hydrogens (tertiary/aromatic N) is 4. The van der Waals surface area contributed by atoms with Crippen LogP contribution < -0.4 is 25.1 Å². The van der Waals surface area contributed by atoms with E-state index in [1.54, 1.807) is 51.2 Å². The summed E-state index contributed by atoms with van der Waals surface area (Å²) in [5.74, 6) is -4.28. The fourth-order valence-electron chi connectivity index (χ4n) is 10.4. The third-order valence-electron chi connectivity index (χ3n) is 15.4. The van der Waals surface area contributed by atoms with E-state index in [9.17, 15) is 43.5 Å². The monoisotopic (exact) mass is 1230 g/mol. The normalized spacial score (nSPS) is 26.4. The van der Waals surface area contributed by atoms with Crippen LogP contribution in [0.2, 0.25) is 5.02 Å². The number of hydrogen-bond donors (Lipinski definition) is 3. The summed E-state index contributed by atoms with van der Waals surface area (Å²) in [6.45, 7) is 10.6. The van der Waals surface area contributed by atoms with Crippen LogP contribution in [0.5, 0.6) is 11.5 Å². The van der Waals surface area contributed by atoms with Crippen molar-refractivity contribution in [2.24, 2.45) is 11.0 Å². The highest BCUT2D eigenvalue weighted by molar-refractivity contribution is 8.77. The number of rotatable bonds is 19. The largest absolute Gasteiger partial charge is 0.495 e. The third kappa shape index (κ3) is 16.0. The Morgan fingerprint density at radius 3 is 2.49 bits per heavy atom. The molecule has 22 nitrogen and oxygen atoms in total. The first-order valence-corrected chi connectivity index (χ1v) is 30.4. The Hall–Kier alpha value is -6.25. The van der Waals surface area contributed by atoms with Crippen LogP contribution >= 0.6 is 33.2 Å². The summed E-state index contributed by atoms with van der Waals surface area (Å²) in [6.07, 6.45) is 2.06. The summed E-state index contributed by atoms with van der Waals surface area (Å²) >= 11 is 6.83. The number of allylic oxidation sites excluding steroid dienone is 3. The molecule has 4 heterocycles. The van der Waals surface area contributed by atoms with Crippen molar-refractivity contribution in [3.8, 4) is 11.5 Å². The van der Waals surface area contributed by atoms with Gasteiger partial charge in [0.25, 0.3) is 11.8 Å². The maximum absolute atomic E-state index is 15.6. The number of hydroxylamine groups is 2. The van der Waals surface area contributed by atoms with Gasteiger partial charge in [-0.15, -0.1) is 5.06 Å². The van der Waals surface area contributed by atoms with Crippen molar-refractivity contribution in [1.82, 2.24) is 20.7 Å². The Labute approximate surface area is 500 Å². The van der Waals surface area contributed by atoms with E-state index in [1.807, 2.05) is 26.8 Å². The van der Waals surface area contributed by atoms with E-state index in [4.69, 9.17) is 44.9 Å². The zero-order valence-electron chi connectivity index (χ0n) is 48.8. The lowest BCUT2D eigenvalue weighted by atomic mass is 9.83. The van der Waals surface area contributed by atoms with Crippen molar-refractivity contribution in [2.45, 2.75) is 165 Å². The number of amides is 6. The molecule has 7 rings (SSSR count). The van der Waals surface area contributed by atoms with Crippen LogP contribution in [0.1, 0.15) is 122 Å². The molecule has 2 aromatic carbocycles. The van der Waals surface area contributed by atoms with E-state index >= 15 is 4.39 Å². The van der Waals surface area contributed by atoms with Crippen molar-refractivity contribution in [3.05, 3.63) is 75.6 Å². The molecule has 3 fully saturated rings. The van der Waals surface area contributed by atoms with Gasteiger partial charge < -0.3 is 48.2 Å². The van der Waals surface area contributed by atoms with Crippen molar-refractivity contribution < 1.29 is 81.1 Å². The maximum Gasteiger partial charge on any atom is 0.409 e. The Bertz CT molecular complexity index is 2970. The van der Waals surface area contributed by atoms with Crippen LogP contribution in [0.4, 0.5) is 14.9 Å². The number of fused-ring (bicyclic) bond motifs is 6. The highest BCUT2D eigenvalue weighted by atomic mass is 35.5. The van der Waals surface area contributed by atoms with Gasteiger partial charge in [0.1, 0.15) is 52.3 Å². The molecule has 3 saturated heterocycles. The van der Waals surface area contributed by atoms with Gasteiger partial charge >= 0.3 is 18.0 Å². The number of aryl methyl sites for hydroxylation is 1. The topological polar surface area (TPSA) is 271 Å². The molecule has 0 unspecified atom stereocenters. The SMILES string of the molecule is COc1cc2cc(c1Cl)N(C)C(=O)C[C@H](OC(=O)[C@H](C)N(C)C(=O)CCSSC(C)(C)CC(=O)N/N=C1\CCCc3cc(OCCCC(=O)ON4C(=O)CCC4=O)cc(F)c31)[C@]1(C)O[C@H]1[C@H](C)[C@@H]1C[C@@](O)(NC(=O)O1)[C@H](OC)/C=C/C=C(\C)C2. The summed E-state index contributed by atoms with van der Waals surface area (Å²) < 4.78 is 50.2. The fourth-order valence-corrected chi connectivity index (χ4v) is 13.2. The molecule has 26 heteroatoms. The zero-order valence-corrected chi connectivity index (χ0v) is 51.2. The number of likely N-dealkylation sites (N-methyl/N-ethyl adjacent to an activating group) is 1. The van der Waals surface area contributed by atoms with Gasteiger partial charge in [0, 0.05) is 81.4 Å². The van der Waals surface area contributed by atoms with E-state index < -0.39 is 99.9 Å². The van der Waals surface area contributed by atoms with Crippen LogP contribution in [0.15, 0.2) is 53.2 Å². The number of aliphatic hydroxyl groups is 1. The molecular weight excluding hydrogens is 1160 g/mol. The van der Waals surface area contributed by atoms with E-state index in [0.717, 1.165) is 11.1 Å². The minimum atomic E-state index is -1.89. The predicted octanol–water partition coefficient (Wildman–Crippen LogP) is 7.22. The van der Waals surface area contributed by atoms with Crippen molar-refractivity contribution >= 4 is 92.2 Å². The fraction of sp³-hybridized carbons (Fsp3) is 0.569. The summed E-state index contributed by atoms with van der Waals surface area (Å²) in [6, 6.07) is 5.32. The van der Waals surface area contributed by atoms with Gasteiger partial charge in [0.2, 0.25) is 17.7 Å². The lowest BCUT2D eigenvalue weighted by Gasteiger charge is -2.42. The van der Waals surface area contributed by atoms with Crippen LogP contribution in [0, 0.1) is 11.7 Å². The molecule has 1 aliphatic carbocycles. The lowest BCUT2D eigenvalue weighted by molar-refractivity contribution is -0.197. The molecule has 0 radical (unpaired) electrons. The third-order valence-corrected chi connectivity index (χ3v) is 19.1. The Kier molecular flexibility index (Phi) is 21.6. The highest BCUT2D eigenvalue weighted by Gasteiger charge is 2.64. The van der Waals surface area contributed by atoms with Gasteiger partial charge in [-0.25, -0.2) is 24.2 Å². The molecule has 4 bridgehead atoms. The number of esters is 1. The number of nitrogens with one attached hydrogen (secondary N) is 2. The molecule has 84 heavy (non-hydrogen) atoms. The average Bonchev–Trinajstić information content (AvgIpc) is 3.64. The molecule has 458 valence electrons. The molecule has 8 atom stereocenters. The standard InChI is InChI=1S/C58H74ClFN6O16S2/c1-32-14-11-17-43(77-10)58(75)30-42(79-55(74)61-58)33(2)53-57(6,81-53)44(29-49(71)65(8)40-25-35(24-32)26-41(76-9)52(40)59)80-54(73)34(3)64(7)46(68)21-23-83-84-56(4,5)31-45(67)63-62-39-16-12-15-36-27-37(28-38(60)51(36)39)78-22-13-18-50(72)82-66-47(69)19-20-48(66)70/h11,14,17,25-28,33-34,42-44,53,75H,12-13,15-16,18-24,29-31H2,1-10H3,(H,61,74)(H,63,67)/b17-11+,32-14+,62-39+/t33-,34+,42+,43-,44+,53+,57+,58+/m1/s1. The van der Waals surface area contributed by atoms with Gasteiger partial charge in [-0.3, -0.25) is 29.3 Å². The molecule has 0 saturated carbocycles. The lowest BCUT2D eigenvalue weighted by Crippen LogP contribution is -2.63. The van der Waals surface area contributed by atoms with Crippen LogP contribution in [0.25, 0.3) is 0 Å². The van der Waals surface area contributed by atoms with Gasteiger partial charge in [-0.1, -0.05) is 63.9 Å². The van der Waals surface area contributed by atoms with Gasteiger partial charge in [0.15, 0.2) is 5.72 Å². The second kappa shape index (κ2) is 27.9. The number of hydrazone groups is 1. The summed E-state index contributed by atoms with van der Waals surface area (Å²) in [5.41, 5.74) is 2.68. The number of imide groups is 1. The number of carbonyl (C=O) groups excluding carboxylic acids is 8. The number of benzene rings is 2. The number of anilines is 1. The number of methoxy groups -OCH3 is 2. The number of alkyl carbamates (subject to hydrolysis) is 1. The quantitative estimate of drug-likeness (QED) is 0.0313. The van der Waals surface area contributed by atoms with Gasteiger partial charge in [-0.05, 0) is 96.0 Å². The van der Waals surface area contributed by atoms with E-state index in [1.165, 1.54) is 65.6 Å². The second-order valence-corrected chi connectivity index (χ2v) is 25.9. The van der Waals surface area contributed by atoms with Gasteiger partial charge in [0.05, 0.1) is 44.1 Å². The highest BCUT2D eigenvalue weighted by Crippen LogP contribution is 2.49. The van der Waals surface area contributed by atoms with E-state index in [-0.39, 0.29) is 80.2 Å². The number of carbonyl (C=O) groups is 8. The van der Waals surface area contributed by atoms with Crippen molar-refractivity contribution in [1.29, 1.82) is 0 Å². The first-order chi connectivity index (χ1) is 39.7. The molecule has 6 amide bonds. The smallest absolute Gasteiger partial charge is 0.409 e.